The van der Waals surface area contributed by atoms with Gasteiger partial charge in [0.1, 0.15) is 6.04 Å². The van der Waals surface area contributed by atoms with Crippen LogP contribution in [0.2, 0.25) is 0 Å². The van der Waals surface area contributed by atoms with Gasteiger partial charge in [-0.2, -0.15) is 0 Å². The van der Waals surface area contributed by atoms with Crippen molar-refractivity contribution in [2.75, 3.05) is 0 Å². The summed E-state index contributed by atoms with van der Waals surface area (Å²) in [5.74, 6) is -1.17. The third-order valence-electron chi connectivity index (χ3n) is 2.37. The Labute approximate surface area is 93.9 Å². The Morgan fingerprint density at radius 1 is 1.18 bits per heavy atom. The molecule has 0 bridgehead atoms. The lowest BCUT2D eigenvalue weighted by Crippen LogP contribution is -2.29. The van der Waals surface area contributed by atoms with Crippen molar-refractivity contribution < 1.29 is 9.90 Å². The fourth-order valence-electron chi connectivity index (χ4n) is 1.47. The lowest BCUT2D eigenvalue weighted by atomic mass is 10.1. The molecule has 0 spiro atoms. The molecule has 17 heavy (non-hydrogen) atoms. The molecule has 0 saturated carbocycles. The zero-order valence-electron chi connectivity index (χ0n) is 8.56. The van der Waals surface area contributed by atoms with Crippen LogP contribution in [0, 0.1) is 0 Å². The molecule has 2 aromatic rings. The second-order valence-electron chi connectivity index (χ2n) is 3.53. The van der Waals surface area contributed by atoms with E-state index in [2.05, 4.69) is 9.97 Å². The number of nitrogens with one attached hydrogen (secondary N) is 2. The van der Waals surface area contributed by atoms with E-state index < -0.39 is 23.1 Å². The van der Waals surface area contributed by atoms with Gasteiger partial charge in [0.2, 0.25) is 0 Å². The fourth-order valence-corrected chi connectivity index (χ4v) is 1.47. The average molecular weight is 235 g/mol. The van der Waals surface area contributed by atoms with Crippen molar-refractivity contribution >= 4 is 17.0 Å². The number of fused-ring (bicyclic) bond motifs is 1. The summed E-state index contributed by atoms with van der Waals surface area (Å²) >= 11 is 0. The van der Waals surface area contributed by atoms with Crippen molar-refractivity contribution in [3.63, 3.8) is 0 Å². The number of nitrogens with two attached hydrogens (primary N) is 1. The SMILES string of the molecule is NC(C(=O)O)c1ccc2[nH]c(=O)c(=O)[nH]c2c1. The van der Waals surface area contributed by atoms with E-state index in [-0.39, 0.29) is 0 Å². The Kier molecular flexibility index (Phi) is 2.52. The molecule has 1 atom stereocenters. The molecular weight excluding hydrogens is 226 g/mol. The van der Waals surface area contributed by atoms with Gasteiger partial charge in [0.25, 0.3) is 0 Å². The number of aromatic nitrogens is 2. The molecule has 0 radical (unpaired) electrons. The van der Waals surface area contributed by atoms with E-state index in [0.717, 1.165) is 0 Å². The van der Waals surface area contributed by atoms with Crippen molar-refractivity contribution in [3.05, 3.63) is 44.5 Å². The van der Waals surface area contributed by atoms with E-state index in [1.165, 1.54) is 18.2 Å². The molecule has 0 fully saturated rings. The molecule has 7 heteroatoms. The summed E-state index contributed by atoms with van der Waals surface area (Å²) in [5.41, 5.74) is 4.97. The van der Waals surface area contributed by atoms with Crippen LogP contribution in [0.3, 0.4) is 0 Å². The molecular formula is C10H9N3O4. The molecule has 1 unspecified atom stereocenters. The largest absolute Gasteiger partial charge is 0.480 e. The number of hydrogen-bond acceptors (Lipinski definition) is 4. The van der Waals surface area contributed by atoms with Crippen LogP contribution in [-0.2, 0) is 4.79 Å². The van der Waals surface area contributed by atoms with Crippen LogP contribution < -0.4 is 16.9 Å². The van der Waals surface area contributed by atoms with E-state index >= 15 is 0 Å². The maximum Gasteiger partial charge on any atom is 0.325 e. The van der Waals surface area contributed by atoms with Gasteiger partial charge in [-0.05, 0) is 17.7 Å². The average Bonchev–Trinajstić information content (AvgIpc) is 2.29. The van der Waals surface area contributed by atoms with E-state index in [4.69, 9.17) is 10.8 Å². The molecule has 7 nitrogen and oxygen atoms in total. The molecule has 0 saturated heterocycles. The first-order valence-electron chi connectivity index (χ1n) is 4.73. The number of rotatable bonds is 2. The van der Waals surface area contributed by atoms with Crippen LogP contribution in [0.5, 0.6) is 0 Å². The first-order valence-corrected chi connectivity index (χ1v) is 4.73. The number of carboxylic acid groups (broad SMARTS) is 1. The van der Waals surface area contributed by atoms with Crippen LogP contribution in [-0.4, -0.2) is 21.0 Å². The summed E-state index contributed by atoms with van der Waals surface area (Å²) in [7, 11) is 0. The molecule has 88 valence electrons. The molecule has 2 rings (SSSR count). The summed E-state index contributed by atoms with van der Waals surface area (Å²) in [5, 5.41) is 8.75. The third kappa shape index (κ3) is 1.95. The number of aromatic amines is 2. The topological polar surface area (TPSA) is 129 Å². The van der Waals surface area contributed by atoms with Gasteiger partial charge in [-0.3, -0.25) is 14.4 Å². The second kappa shape index (κ2) is 3.87. The minimum atomic E-state index is -1.17. The smallest absolute Gasteiger partial charge is 0.325 e. The Morgan fingerprint density at radius 3 is 2.35 bits per heavy atom. The van der Waals surface area contributed by atoms with Crippen LogP contribution in [0.1, 0.15) is 11.6 Å². The van der Waals surface area contributed by atoms with Gasteiger partial charge in [-0.25, -0.2) is 0 Å². The molecule has 0 aliphatic heterocycles. The van der Waals surface area contributed by atoms with Gasteiger partial charge in [0, 0.05) is 0 Å². The predicted molar refractivity (Wildman–Crippen MR) is 59.8 cm³/mol. The molecule has 0 aliphatic carbocycles. The first-order chi connectivity index (χ1) is 7.99. The van der Waals surface area contributed by atoms with E-state index in [0.29, 0.717) is 16.6 Å². The minimum Gasteiger partial charge on any atom is -0.480 e. The van der Waals surface area contributed by atoms with Gasteiger partial charge in [-0.1, -0.05) is 6.07 Å². The van der Waals surface area contributed by atoms with E-state index in [1.807, 2.05) is 0 Å². The standard InChI is InChI=1S/C10H9N3O4/c11-7(10(16)17)4-1-2-5-6(3-4)13-9(15)8(14)12-5/h1-3,7H,11H2,(H,12,14)(H,13,15)(H,16,17). The molecule has 0 aliphatic rings. The van der Waals surface area contributed by atoms with Crippen molar-refractivity contribution in [2.24, 2.45) is 5.73 Å². The number of benzene rings is 1. The highest BCUT2D eigenvalue weighted by molar-refractivity contribution is 5.79. The third-order valence-corrected chi connectivity index (χ3v) is 2.37. The Morgan fingerprint density at radius 2 is 1.76 bits per heavy atom. The van der Waals surface area contributed by atoms with Crippen molar-refractivity contribution in [1.29, 1.82) is 0 Å². The van der Waals surface area contributed by atoms with Crippen molar-refractivity contribution in [1.82, 2.24) is 9.97 Å². The quantitative estimate of drug-likeness (QED) is 0.511. The Hall–Kier alpha value is -2.41. The van der Waals surface area contributed by atoms with E-state index in [9.17, 15) is 14.4 Å². The maximum atomic E-state index is 11.1. The highest BCUT2D eigenvalue weighted by atomic mass is 16.4. The molecule has 1 heterocycles. The number of aliphatic carboxylic acids is 1. The van der Waals surface area contributed by atoms with Crippen molar-refractivity contribution in [3.8, 4) is 0 Å². The molecule has 5 N–H and O–H groups in total. The number of H-pyrrole nitrogens is 2. The maximum absolute atomic E-state index is 11.1. The van der Waals surface area contributed by atoms with Gasteiger partial charge in [0.05, 0.1) is 11.0 Å². The summed E-state index contributed by atoms with van der Waals surface area (Å²) in [6.45, 7) is 0. The van der Waals surface area contributed by atoms with Gasteiger partial charge < -0.3 is 20.8 Å². The minimum absolute atomic E-state index is 0.337. The Bertz CT molecular complexity index is 700. The van der Waals surface area contributed by atoms with Gasteiger partial charge in [-0.15, -0.1) is 0 Å². The second-order valence-corrected chi connectivity index (χ2v) is 3.53. The van der Waals surface area contributed by atoms with Crippen molar-refractivity contribution in [2.45, 2.75) is 6.04 Å². The van der Waals surface area contributed by atoms with Crippen LogP contribution in [0.4, 0.5) is 0 Å². The Balaban J connectivity index is 2.66. The zero-order valence-corrected chi connectivity index (χ0v) is 8.56. The van der Waals surface area contributed by atoms with Gasteiger partial charge >= 0.3 is 17.1 Å². The number of hydrogen-bond donors (Lipinski definition) is 4. The normalized spacial score (nSPS) is 12.5. The summed E-state index contributed by atoms with van der Waals surface area (Å²) in [4.78, 5) is 37.6. The highest BCUT2D eigenvalue weighted by Gasteiger charge is 2.14. The zero-order chi connectivity index (χ0) is 12.6. The monoisotopic (exact) mass is 235 g/mol. The molecule has 1 aromatic heterocycles. The summed E-state index contributed by atoms with van der Waals surface area (Å²) < 4.78 is 0. The number of carboxylic acids is 1. The highest BCUT2D eigenvalue weighted by Crippen LogP contribution is 2.15. The lowest BCUT2D eigenvalue weighted by Gasteiger charge is -2.07. The first kappa shape index (κ1) is 11.1. The van der Waals surface area contributed by atoms with Crippen LogP contribution in [0.25, 0.3) is 11.0 Å². The number of carbonyl (C=O) groups is 1. The van der Waals surface area contributed by atoms with Crippen LogP contribution >= 0.6 is 0 Å². The molecule has 1 aromatic carbocycles. The summed E-state index contributed by atoms with van der Waals surface area (Å²) in [6, 6.07) is 3.22. The predicted octanol–water partition coefficient (Wildman–Crippen LogP) is -0.699. The molecule has 0 amide bonds. The lowest BCUT2D eigenvalue weighted by molar-refractivity contribution is -0.138. The fraction of sp³-hybridized carbons (Fsp3) is 0.100. The van der Waals surface area contributed by atoms with E-state index in [1.54, 1.807) is 0 Å². The van der Waals surface area contributed by atoms with Crippen LogP contribution in [0.15, 0.2) is 27.8 Å². The van der Waals surface area contributed by atoms with Gasteiger partial charge in [0.15, 0.2) is 0 Å². The summed E-state index contributed by atoms with van der Waals surface area (Å²) in [6.07, 6.45) is 0.